The van der Waals surface area contributed by atoms with Gasteiger partial charge in [-0.05, 0) is 43.9 Å². The van der Waals surface area contributed by atoms with Gasteiger partial charge < -0.3 is 9.64 Å². The van der Waals surface area contributed by atoms with E-state index in [1.807, 2.05) is 17.0 Å². The molecule has 1 amide bonds. The average Bonchev–Trinajstić information content (AvgIpc) is 3.47. The van der Waals surface area contributed by atoms with Crippen molar-refractivity contribution in [3.63, 3.8) is 0 Å². The Morgan fingerprint density at radius 1 is 1.18 bits per heavy atom. The second-order valence-electron chi connectivity index (χ2n) is 9.63. The van der Waals surface area contributed by atoms with Crippen LogP contribution in [0.3, 0.4) is 0 Å². The lowest BCUT2D eigenvalue weighted by Gasteiger charge is -2.32. The summed E-state index contributed by atoms with van der Waals surface area (Å²) in [5.74, 6) is -1.78. The number of likely N-dealkylation sites (tertiary alicyclic amines) is 1. The van der Waals surface area contributed by atoms with Crippen LogP contribution < -0.4 is 0 Å². The number of ether oxygens (including phenoxy) is 1. The van der Waals surface area contributed by atoms with Crippen LogP contribution in [-0.4, -0.2) is 46.5 Å². The first-order valence-corrected chi connectivity index (χ1v) is 11.6. The molecule has 2 unspecified atom stereocenters. The lowest BCUT2D eigenvalue weighted by molar-refractivity contribution is -0.128. The van der Waals surface area contributed by atoms with Crippen molar-refractivity contribution >= 4 is 11.6 Å². The average molecular weight is 453 g/mol. The highest BCUT2D eigenvalue weighted by Crippen LogP contribution is 2.42. The van der Waals surface area contributed by atoms with Gasteiger partial charge in [0.05, 0.1) is 30.0 Å². The number of amides is 1. The highest BCUT2D eigenvalue weighted by Gasteiger charge is 2.44. The van der Waals surface area contributed by atoms with Crippen molar-refractivity contribution in [1.29, 1.82) is 0 Å². The molecular formula is C25H26F2N4O2. The third-order valence-electron chi connectivity index (χ3n) is 7.34. The molecule has 1 aromatic heterocycles. The molecule has 4 atom stereocenters. The largest absolute Gasteiger partial charge is 0.373 e. The molecule has 3 aliphatic heterocycles. The first-order valence-electron chi connectivity index (χ1n) is 11.6. The molecule has 0 spiro atoms. The number of allylic oxidation sites excluding steroid dienone is 1. The molecule has 6 nitrogen and oxygen atoms in total. The molecule has 2 saturated heterocycles. The summed E-state index contributed by atoms with van der Waals surface area (Å²) >= 11 is 0. The minimum absolute atomic E-state index is 0.0155. The maximum absolute atomic E-state index is 14.7. The van der Waals surface area contributed by atoms with E-state index in [0.29, 0.717) is 24.9 Å². The number of halogens is 2. The van der Waals surface area contributed by atoms with Crippen LogP contribution in [0.4, 0.5) is 8.78 Å². The van der Waals surface area contributed by atoms with Crippen molar-refractivity contribution in [2.24, 2.45) is 22.7 Å². The SMILES string of the molecule is CN1CC2C(c3ccc(F)cc3F)=NC([C@@H]3CCO[C@H](c4cnn(C5CC5)c4)C3)=CC2C1=O. The zero-order valence-electron chi connectivity index (χ0n) is 18.5. The smallest absolute Gasteiger partial charge is 0.230 e. The van der Waals surface area contributed by atoms with Crippen molar-refractivity contribution in [1.82, 2.24) is 14.7 Å². The van der Waals surface area contributed by atoms with E-state index in [-0.39, 0.29) is 35.3 Å². The number of rotatable bonds is 4. The first-order chi connectivity index (χ1) is 16.0. The predicted molar refractivity (Wildman–Crippen MR) is 118 cm³/mol. The van der Waals surface area contributed by atoms with Crippen molar-refractivity contribution in [2.75, 3.05) is 20.2 Å². The fraction of sp³-hybridized carbons (Fsp3) is 0.480. The van der Waals surface area contributed by atoms with Crippen LogP contribution in [0.25, 0.3) is 0 Å². The number of carbonyl (C=O) groups is 1. The van der Waals surface area contributed by atoms with Gasteiger partial charge in [0.2, 0.25) is 5.91 Å². The minimum atomic E-state index is -0.645. The molecular weight excluding hydrogens is 426 g/mol. The Balaban J connectivity index is 1.32. The number of nitrogens with zero attached hydrogens (tertiary/aromatic N) is 4. The second kappa shape index (κ2) is 7.87. The van der Waals surface area contributed by atoms with Crippen LogP contribution in [0.1, 0.15) is 49.0 Å². The summed E-state index contributed by atoms with van der Waals surface area (Å²) in [6, 6.07) is 4.08. The molecule has 2 aromatic rings. The molecule has 0 bridgehead atoms. The molecule has 4 aliphatic rings. The highest BCUT2D eigenvalue weighted by molar-refractivity contribution is 6.07. The van der Waals surface area contributed by atoms with Gasteiger partial charge in [0.25, 0.3) is 0 Å². The van der Waals surface area contributed by atoms with E-state index in [1.165, 1.54) is 25.0 Å². The molecule has 0 N–H and O–H groups in total. The molecule has 1 saturated carbocycles. The van der Waals surface area contributed by atoms with Gasteiger partial charge in [-0.25, -0.2) is 8.78 Å². The number of fused-ring (bicyclic) bond motifs is 1. The fourth-order valence-electron chi connectivity index (χ4n) is 5.35. The number of aliphatic imine (C=N–C) groups is 1. The highest BCUT2D eigenvalue weighted by atomic mass is 19.1. The second-order valence-corrected chi connectivity index (χ2v) is 9.63. The van der Waals surface area contributed by atoms with Crippen LogP contribution in [0.2, 0.25) is 0 Å². The summed E-state index contributed by atoms with van der Waals surface area (Å²) in [5, 5.41) is 4.49. The molecule has 1 aromatic carbocycles. The van der Waals surface area contributed by atoms with Crippen LogP contribution in [-0.2, 0) is 9.53 Å². The van der Waals surface area contributed by atoms with Crippen molar-refractivity contribution in [3.8, 4) is 0 Å². The lowest BCUT2D eigenvalue weighted by atomic mass is 9.81. The Morgan fingerprint density at radius 3 is 2.82 bits per heavy atom. The summed E-state index contributed by atoms with van der Waals surface area (Å²) < 4.78 is 36.4. The summed E-state index contributed by atoms with van der Waals surface area (Å²) in [7, 11) is 1.76. The molecule has 0 radical (unpaired) electrons. The minimum Gasteiger partial charge on any atom is -0.373 e. The first kappa shape index (κ1) is 20.7. The van der Waals surface area contributed by atoms with Gasteiger partial charge in [-0.2, -0.15) is 5.10 Å². The predicted octanol–water partition coefficient (Wildman–Crippen LogP) is 4.06. The van der Waals surface area contributed by atoms with E-state index in [0.717, 1.165) is 30.2 Å². The molecule has 3 fully saturated rings. The van der Waals surface area contributed by atoms with Gasteiger partial charge in [-0.3, -0.25) is 14.5 Å². The molecule has 6 rings (SSSR count). The summed E-state index contributed by atoms with van der Waals surface area (Å²) in [4.78, 5) is 19.5. The molecule has 172 valence electrons. The number of aromatic nitrogens is 2. The van der Waals surface area contributed by atoms with E-state index in [4.69, 9.17) is 9.73 Å². The number of benzene rings is 1. The zero-order chi connectivity index (χ0) is 22.7. The molecule has 4 heterocycles. The Kier molecular flexibility index (Phi) is 4.94. The topological polar surface area (TPSA) is 59.7 Å². The Morgan fingerprint density at radius 2 is 2.03 bits per heavy atom. The van der Waals surface area contributed by atoms with Crippen molar-refractivity contribution < 1.29 is 18.3 Å². The quantitative estimate of drug-likeness (QED) is 0.703. The number of carbonyl (C=O) groups excluding carboxylic acids is 1. The lowest BCUT2D eigenvalue weighted by Crippen LogP contribution is -2.30. The maximum Gasteiger partial charge on any atom is 0.230 e. The maximum atomic E-state index is 14.7. The van der Waals surface area contributed by atoms with Gasteiger partial charge in [-0.1, -0.05) is 0 Å². The number of hydrogen-bond donors (Lipinski definition) is 0. The van der Waals surface area contributed by atoms with E-state index >= 15 is 0 Å². The van der Waals surface area contributed by atoms with E-state index in [1.54, 1.807) is 11.9 Å². The Hall–Kier alpha value is -2.87. The third kappa shape index (κ3) is 3.70. The normalized spacial score (nSPS) is 29.7. The van der Waals surface area contributed by atoms with Gasteiger partial charge in [-0.15, -0.1) is 0 Å². The zero-order valence-corrected chi connectivity index (χ0v) is 18.5. The Bertz CT molecular complexity index is 1170. The van der Waals surface area contributed by atoms with Crippen LogP contribution in [0.15, 0.2) is 47.4 Å². The van der Waals surface area contributed by atoms with Crippen LogP contribution in [0, 0.1) is 29.4 Å². The van der Waals surface area contributed by atoms with Gasteiger partial charge in [0.1, 0.15) is 11.6 Å². The van der Waals surface area contributed by atoms with E-state index in [2.05, 4.69) is 11.3 Å². The summed E-state index contributed by atoms with van der Waals surface area (Å²) in [6.07, 6.45) is 9.70. The van der Waals surface area contributed by atoms with Crippen molar-refractivity contribution in [3.05, 3.63) is 65.1 Å². The van der Waals surface area contributed by atoms with Gasteiger partial charge in [0.15, 0.2) is 0 Å². The fourth-order valence-corrected chi connectivity index (χ4v) is 5.35. The van der Waals surface area contributed by atoms with Gasteiger partial charge in [0, 0.05) is 61.1 Å². The summed E-state index contributed by atoms with van der Waals surface area (Å²) in [5.41, 5.74) is 2.68. The third-order valence-corrected chi connectivity index (χ3v) is 7.34. The summed E-state index contributed by atoms with van der Waals surface area (Å²) in [6.45, 7) is 1.05. The number of hydrogen-bond acceptors (Lipinski definition) is 4. The van der Waals surface area contributed by atoms with Crippen LogP contribution in [0.5, 0.6) is 0 Å². The Labute approximate surface area is 190 Å². The monoisotopic (exact) mass is 452 g/mol. The molecule has 1 aliphatic carbocycles. The molecule has 8 heteroatoms. The van der Waals surface area contributed by atoms with Crippen molar-refractivity contribution in [2.45, 2.75) is 37.8 Å². The standard InChI is InChI=1S/C25H26F2N4O2/c1-30-13-20-19(25(30)32)10-22(29-24(20)18-5-2-16(26)9-21(18)27)14-6-7-33-23(8-14)15-11-28-31(12-15)17-3-4-17/h2,5,9-12,14,17,19-20,23H,3-4,6-8,13H2,1H3/t14-,19?,20?,23+/m1/s1. The van der Waals surface area contributed by atoms with E-state index < -0.39 is 11.6 Å². The van der Waals surface area contributed by atoms with Gasteiger partial charge >= 0.3 is 0 Å². The van der Waals surface area contributed by atoms with Crippen LogP contribution >= 0.6 is 0 Å². The van der Waals surface area contributed by atoms with E-state index in [9.17, 15) is 13.6 Å². The molecule has 33 heavy (non-hydrogen) atoms.